The average Bonchev–Trinajstić information content (AvgIpc) is 2.85. The van der Waals surface area contributed by atoms with Crippen LogP contribution in [0.15, 0.2) is 65.3 Å². The monoisotopic (exact) mass is 362 g/mol. The lowest BCUT2D eigenvalue weighted by Gasteiger charge is -2.19. The molecule has 0 radical (unpaired) electrons. The number of anilines is 1. The highest BCUT2D eigenvalue weighted by atomic mass is 32.2. The van der Waals surface area contributed by atoms with Crippen LogP contribution in [-0.4, -0.2) is 27.7 Å². The molecule has 5 nitrogen and oxygen atoms in total. The van der Waals surface area contributed by atoms with Gasteiger partial charge in [-0.05, 0) is 30.4 Å². The Morgan fingerprint density at radius 3 is 2.65 bits per heavy atom. The Balaban J connectivity index is 1.78. The van der Waals surface area contributed by atoms with Crippen LogP contribution in [0.3, 0.4) is 0 Å². The first kappa shape index (κ1) is 16.6. The number of benzene rings is 2. The van der Waals surface area contributed by atoms with Crippen molar-refractivity contribution < 1.29 is 4.74 Å². The highest BCUT2D eigenvalue weighted by molar-refractivity contribution is 7.98. The third-order valence-corrected chi connectivity index (χ3v) is 4.66. The molecule has 0 spiro atoms. The van der Waals surface area contributed by atoms with Crippen molar-refractivity contribution >= 4 is 23.5 Å². The van der Waals surface area contributed by atoms with Gasteiger partial charge in [-0.1, -0.05) is 66.4 Å². The van der Waals surface area contributed by atoms with Crippen LogP contribution in [0.25, 0.3) is 17.3 Å². The van der Waals surface area contributed by atoms with E-state index in [0.717, 1.165) is 22.4 Å². The molecular weight excluding hydrogens is 344 g/mol. The van der Waals surface area contributed by atoms with Gasteiger partial charge in [0.2, 0.25) is 11.0 Å². The minimum atomic E-state index is -0.344. The van der Waals surface area contributed by atoms with Crippen LogP contribution in [0, 0.1) is 0 Å². The zero-order chi connectivity index (χ0) is 17.9. The van der Waals surface area contributed by atoms with Gasteiger partial charge in [0.15, 0.2) is 11.9 Å². The van der Waals surface area contributed by atoms with E-state index in [0.29, 0.717) is 16.7 Å². The fourth-order valence-electron chi connectivity index (χ4n) is 2.83. The Kier molecular flexibility index (Phi) is 4.58. The summed E-state index contributed by atoms with van der Waals surface area (Å²) < 4.78 is 6.21. The number of nitrogens with zero attached hydrogens (tertiary/aromatic N) is 3. The first-order valence-electron chi connectivity index (χ1n) is 8.29. The van der Waals surface area contributed by atoms with Crippen LogP contribution in [0.1, 0.15) is 12.5 Å². The number of ether oxygens (including phenoxy) is 1. The number of hydrogen-bond donors (Lipinski definition) is 1. The van der Waals surface area contributed by atoms with Crippen LogP contribution in [0.4, 0.5) is 5.69 Å². The number of nitrogens with one attached hydrogen (secondary N) is 1. The van der Waals surface area contributed by atoms with Crippen LogP contribution in [-0.2, 0) is 0 Å². The Morgan fingerprint density at radius 1 is 1.08 bits per heavy atom. The van der Waals surface area contributed by atoms with Crippen molar-refractivity contribution in [2.24, 2.45) is 0 Å². The maximum Gasteiger partial charge on any atom is 0.247 e. The molecule has 2 heterocycles. The van der Waals surface area contributed by atoms with Crippen molar-refractivity contribution in [3.8, 4) is 17.1 Å². The van der Waals surface area contributed by atoms with Crippen molar-refractivity contribution in [1.82, 2.24) is 15.2 Å². The maximum atomic E-state index is 6.21. The summed E-state index contributed by atoms with van der Waals surface area (Å²) in [6.45, 7) is 2.04. The summed E-state index contributed by atoms with van der Waals surface area (Å²) in [7, 11) is 0. The van der Waals surface area contributed by atoms with E-state index in [4.69, 9.17) is 4.74 Å². The van der Waals surface area contributed by atoms with Crippen molar-refractivity contribution in [3.63, 3.8) is 0 Å². The summed E-state index contributed by atoms with van der Waals surface area (Å²) in [6.07, 6.45) is 3.68. The Bertz CT molecular complexity index is 959. The van der Waals surface area contributed by atoms with Crippen LogP contribution >= 0.6 is 11.8 Å². The minimum absolute atomic E-state index is 0.344. The molecule has 1 atom stereocenters. The Hall–Kier alpha value is -2.86. The molecular formula is C20H18N4OS. The van der Waals surface area contributed by atoms with Crippen molar-refractivity contribution in [2.45, 2.75) is 18.3 Å². The SMILES string of the molecule is CSc1nnc2c(n1)O[C@@H](/C(C)=C/c1ccccc1)Nc1ccccc1-2. The van der Waals surface area contributed by atoms with E-state index in [1.807, 2.05) is 55.6 Å². The maximum absolute atomic E-state index is 6.21. The molecule has 0 fully saturated rings. The number of fused-ring (bicyclic) bond motifs is 3. The smallest absolute Gasteiger partial charge is 0.247 e. The number of hydrogen-bond acceptors (Lipinski definition) is 6. The third-order valence-electron chi connectivity index (χ3n) is 4.12. The van der Waals surface area contributed by atoms with E-state index < -0.39 is 0 Å². The molecule has 26 heavy (non-hydrogen) atoms. The summed E-state index contributed by atoms with van der Waals surface area (Å²) in [5.41, 5.74) is 4.71. The fraction of sp³-hybridized carbons (Fsp3) is 0.150. The highest BCUT2D eigenvalue weighted by Gasteiger charge is 2.25. The van der Waals surface area contributed by atoms with Gasteiger partial charge in [-0.25, -0.2) is 0 Å². The van der Waals surface area contributed by atoms with Gasteiger partial charge in [-0.3, -0.25) is 0 Å². The predicted molar refractivity (Wildman–Crippen MR) is 105 cm³/mol. The number of thioether (sulfide) groups is 1. The molecule has 0 unspecified atom stereocenters. The highest BCUT2D eigenvalue weighted by Crippen LogP contribution is 2.37. The topological polar surface area (TPSA) is 59.9 Å². The number of para-hydroxylation sites is 1. The zero-order valence-electron chi connectivity index (χ0n) is 14.5. The molecule has 0 saturated carbocycles. The predicted octanol–water partition coefficient (Wildman–Crippen LogP) is 4.49. The second-order valence-corrected chi connectivity index (χ2v) is 6.71. The molecule has 0 saturated heterocycles. The number of rotatable bonds is 3. The minimum Gasteiger partial charge on any atom is -0.448 e. The average molecular weight is 362 g/mol. The van der Waals surface area contributed by atoms with Gasteiger partial charge in [-0.2, -0.15) is 4.98 Å². The number of aromatic nitrogens is 3. The van der Waals surface area contributed by atoms with E-state index in [1.165, 1.54) is 11.8 Å². The standard InChI is InChI=1S/C20H18N4OS/c1-13(12-14-8-4-3-5-9-14)18-21-16-11-7-6-10-15(16)17-19(25-18)22-20(26-2)24-23-17/h3-12,18,21H,1-2H3/b13-12+/t18-/m0/s1. The van der Waals surface area contributed by atoms with Gasteiger partial charge in [-0.15, -0.1) is 10.2 Å². The van der Waals surface area contributed by atoms with Gasteiger partial charge in [0.25, 0.3) is 0 Å². The first-order chi connectivity index (χ1) is 12.7. The molecule has 6 heteroatoms. The first-order valence-corrected chi connectivity index (χ1v) is 9.51. The van der Waals surface area contributed by atoms with E-state index in [1.54, 1.807) is 0 Å². The van der Waals surface area contributed by atoms with Crippen LogP contribution in [0.2, 0.25) is 0 Å². The van der Waals surface area contributed by atoms with Gasteiger partial charge >= 0.3 is 0 Å². The lowest BCUT2D eigenvalue weighted by Crippen LogP contribution is -2.27. The molecule has 0 amide bonds. The Labute approximate surface area is 156 Å². The largest absolute Gasteiger partial charge is 0.448 e. The van der Waals surface area contributed by atoms with Gasteiger partial charge < -0.3 is 10.1 Å². The second-order valence-electron chi connectivity index (χ2n) is 5.94. The van der Waals surface area contributed by atoms with E-state index in [-0.39, 0.29) is 6.23 Å². The van der Waals surface area contributed by atoms with E-state index >= 15 is 0 Å². The van der Waals surface area contributed by atoms with Crippen molar-refractivity contribution in [1.29, 1.82) is 0 Å². The molecule has 3 aromatic rings. The molecule has 130 valence electrons. The van der Waals surface area contributed by atoms with Crippen molar-refractivity contribution in [3.05, 3.63) is 65.7 Å². The summed E-state index contributed by atoms with van der Waals surface area (Å²) in [4.78, 5) is 4.53. The van der Waals surface area contributed by atoms with Gasteiger partial charge in [0.05, 0.1) is 0 Å². The van der Waals surface area contributed by atoms with Crippen molar-refractivity contribution in [2.75, 3.05) is 11.6 Å². The third kappa shape index (κ3) is 3.28. The zero-order valence-corrected chi connectivity index (χ0v) is 15.3. The quantitative estimate of drug-likeness (QED) is 0.693. The normalized spacial score (nSPS) is 15.9. The summed E-state index contributed by atoms with van der Waals surface area (Å²) >= 11 is 1.44. The molecule has 0 bridgehead atoms. The molecule has 1 aliphatic heterocycles. The van der Waals surface area contributed by atoms with Gasteiger partial charge in [0, 0.05) is 11.3 Å². The second kappa shape index (κ2) is 7.17. The summed E-state index contributed by atoms with van der Waals surface area (Å²) in [6, 6.07) is 18.2. The van der Waals surface area contributed by atoms with Crippen LogP contribution < -0.4 is 10.1 Å². The molecule has 2 aromatic carbocycles. The summed E-state index contributed by atoms with van der Waals surface area (Å²) in [5, 5.41) is 12.6. The molecule has 0 aliphatic carbocycles. The molecule has 1 N–H and O–H groups in total. The molecule has 4 rings (SSSR count). The molecule has 1 aromatic heterocycles. The Morgan fingerprint density at radius 2 is 1.85 bits per heavy atom. The van der Waals surface area contributed by atoms with E-state index in [2.05, 4.69) is 38.7 Å². The van der Waals surface area contributed by atoms with Gasteiger partial charge in [0.1, 0.15) is 0 Å². The van der Waals surface area contributed by atoms with Crippen LogP contribution in [0.5, 0.6) is 5.88 Å². The van der Waals surface area contributed by atoms with E-state index in [9.17, 15) is 0 Å². The lowest BCUT2D eigenvalue weighted by molar-refractivity contribution is 0.255. The summed E-state index contributed by atoms with van der Waals surface area (Å²) in [5.74, 6) is 0.493. The molecule has 1 aliphatic rings. The fourth-order valence-corrected chi connectivity index (χ4v) is 3.12. The lowest BCUT2D eigenvalue weighted by atomic mass is 10.1.